The summed E-state index contributed by atoms with van der Waals surface area (Å²) in [5.74, 6) is 0.117. The van der Waals surface area contributed by atoms with Crippen molar-refractivity contribution >= 4 is 45.1 Å². The third-order valence-electron chi connectivity index (χ3n) is 5.11. The number of benzene rings is 3. The number of anilines is 1. The lowest BCUT2D eigenvalue weighted by molar-refractivity contribution is 0.102. The lowest BCUT2D eigenvalue weighted by atomic mass is 10.1. The van der Waals surface area contributed by atoms with Gasteiger partial charge in [0, 0.05) is 21.9 Å². The predicted molar refractivity (Wildman–Crippen MR) is 119 cm³/mol. The molecule has 154 valence electrons. The highest BCUT2D eigenvalue weighted by molar-refractivity contribution is 6.30. The number of rotatable bonds is 4. The number of ether oxygens (including phenoxy) is 1. The maximum Gasteiger partial charge on any atom is 0.278 e. The van der Waals surface area contributed by atoms with Gasteiger partial charge in [-0.25, -0.2) is 4.68 Å². The van der Waals surface area contributed by atoms with Crippen molar-refractivity contribution in [3.05, 3.63) is 77.1 Å². The highest BCUT2D eigenvalue weighted by atomic mass is 35.5. The van der Waals surface area contributed by atoms with Crippen molar-refractivity contribution in [3.63, 3.8) is 0 Å². The van der Waals surface area contributed by atoms with Crippen LogP contribution in [0.4, 0.5) is 5.69 Å². The van der Waals surface area contributed by atoms with Crippen LogP contribution in [0, 0.1) is 6.92 Å². The van der Waals surface area contributed by atoms with E-state index in [1.807, 2.05) is 42.5 Å². The first-order valence-electron chi connectivity index (χ1n) is 9.54. The third kappa shape index (κ3) is 3.29. The second kappa shape index (κ2) is 7.45. The molecule has 0 fully saturated rings. The number of fused-ring (bicyclic) bond motifs is 3. The number of para-hydroxylation sites is 1. The van der Waals surface area contributed by atoms with Gasteiger partial charge < -0.3 is 14.5 Å². The number of methoxy groups -OCH3 is 1. The number of nitrogens with zero attached hydrogens (tertiary/aromatic N) is 3. The molecule has 0 unspecified atom stereocenters. The second-order valence-electron chi connectivity index (χ2n) is 7.02. The normalized spacial score (nSPS) is 11.2. The van der Waals surface area contributed by atoms with Crippen LogP contribution in [0.1, 0.15) is 16.2 Å². The van der Waals surface area contributed by atoms with E-state index in [2.05, 4.69) is 15.6 Å². The smallest absolute Gasteiger partial charge is 0.278 e. The molecule has 1 N–H and O–H groups in total. The zero-order chi connectivity index (χ0) is 21.5. The van der Waals surface area contributed by atoms with Gasteiger partial charge in [-0.1, -0.05) is 41.1 Å². The van der Waals surface area contributed by atoms with Gasteiger partial charge in [-0.05, 0) is 37.3 Å². The minimum Gasteiger partial charge on any atom is -0.495 e. The molecule has 0 saturated carbocycles. The summed E-state index contributed by atoms with van der Waals surface area (Å²) in [7, 11) is 1.56. The molecule has 5 aromatic rings. The van der Waals surface area contributed by atoms with E-state index in [-0.39, 0.29) is 5.69 Å². The fourth-order valence-electron chi connectivity index (χ4n) is 3.59. The summed E-state index contributed by atoms with van der Waals surface area (Å²) >= 11 is 6.07. The quantitative estimate of drug-likeness (QED) is 0.411. The second-order valence-corrected chi connectivity index (χ2v) is 7.45. The first-order chi connectivity index (χ1) is 15.0. The van der Waals surface area contributed by atoms with Gasteiger partial charge in [-0.2, -0.15) is 0 Å². The minimum absolute atomic E-state index is 0.201. The third-order valence-corrected chi connectivity index (χ3v) is 5.34. The molecule has 8 heteroatoms. The van der Waals surface area contributed by atoms with Crippen molar-refractivity contribution in [2.75, 3.05) is 12.4 Å². The Hall–Kier alpha value is -3.84. The molecule has 0 atom stereocenters. The summed E-state index contributed by atoms with van der Waals surface area (Å²) < 4.78 is 13.0. The molecule has 2 aromatic heterocycles. The molecular weight excluding hydrogens is 416 g/mol. The van der Waals surface area contributed by atoms with Gasteiger partial charge in [0.25, 0.3) is 5.91 Å². The molecule has 1 amide bonds. The van der Waals surface area contributed by atoms with Crippen molar-refractivity contribution in [1.29, 1.82) is 0 Å². The highest BCUT2D eigenvalue weighted by Crippen LogP contribution is 2.36. The topological polar surface area (TPSA) is 82.2 Å². The zero-order valence-corrected chi connectivity index (χ0v) is 17.5. The average Bonchev–Trinajstić information content (AvgIpc) is 3.33. The summed E-state index contributed by atoms with van der Waals surface area (Å²) in [5, 5.41) is 13.5. The van der Waals surface area contributed by atoms with Gasteiger partial charge in [0.2, 0.25) is 0 Å². The van der Waals surface area contributed by atoms with Crippen LogP contribution < -0.4 is 10.1 Å². The van der Waals surface area contributed by atoms with Crippen LogP contribution in [-0.4, -0.2) is 28.0 Å². The molecule has 0 aliphatic rings. The number of nitrogens with one attached hydrogen (secondary N) is 1. The van der Waals surface area contributed by atoms with Gasteiger partial charge in [0.15, 0.2) is 5.69 Å². The lowest BCUT2D eigenvalue weighted by Gasteiger charge is -2.10. The van der Waals surface area contributed by atoms with Crippen LogP contribution >= 0.6 is 11.6 Å². The van der Waals surface area contributed by atoms with Gasteiger partial charge in [0.1, 0.15) is 16.9 Å². The molecule has 0 radical (unpaired) electrons. The summed E-state index contributed by atoms with van der Waals surface area (Å²) in [5.41, 5.74) is 3.41. The van der Waals surface area contributed by atoms with Crippen molar-refractivity contribution in [2.24, 2.45) is 0 Å². The molecule has 0 aliphatic heterocycles. The Kier molecular flexibility index (Phi) is 4.60. The standard InChI is InChI=1S/C23H17ClN4O3/c1-13-22(26-27-28(13)15-7-5-6-14(24)10-15)23(29)25-18-12-20-17(11-21(18)30-2)16-8-3-4-9-19(16)31-20/h3-12H,1-2H3,(H,25,29). The van der Waals surface area contributed by atoms with E-state index in [1.165, 1.54) is 0 Å². The predicted octanol–water partition coefficient (Wildman–Crippen LogP) is 5.39. The van der Waals surface area contributed by atoms with E-state index in [4.69, 9.17) is 20.8 Å². The van der Waals surface area contributed by atoms with E-state index in [9.17, 15) is 4.79 Å². The molecule has 5 rings (SSSR count). The Morgan fingerprint density at radius 3 is 2.71 bits per heavy atom. The van der Waals surface area contributed by atoms with Crippen molar-refractivity contribution in [1.82, 2.24) is 15.0 Å². The fourth-order valence-corrected chi connectivity index (χ4v) is 3.78. The number of amides is 1. The Labute approximate surface area is 182 Å². The number of hydrogen-bond acceptors (Lipinski definition) is 5. The molecule has 0 bridgehead atoms. The van der Waals surface area contributed by atoms with Crippen LogP contribution in [-0.2, 0) is 0 Å². The van der Waals surface area contributed by atoms with Crippen LogP contribution in [0.5, 0.6) is 5.75 Å². The summed E-state index contributed by atoms with van der Waals surface area (Å²) in [6, 6.07) is 18.5. The number of halogens is 1. The average molecular weight is 433 g/mol. The van der Waals surface area contributed by atoms with Crippen LogP contribution in [0.15, 0.2) is 65.1 Å². The number of furan rings is 1. The largest absolute Gasteiger partial charge is 0.495 e. The Balaban J connectivity index is 1.51. The zero-order valence-electron chi connectivity index (χ0n) is 16.7. The first-order valence-corrected chi connectivity index (χ1v) is 9.92. The molecule has 31 heavy (non-hydrogen) atoms. The number of carbonyl (C=O) groups excluding carboxylic acids is 1. The number of aromatic nitrogens is 3. The summed E-state index contributed by atoms with van der Waals surface area (Å²) in [6.07, 6.45) is 0. The Morgan fingerprint density at radius 2 is 1.90 bits per heavy atom. The highest BCUT2D eigenvalue weighted by Gasteiger charge is 2.20. The van der Waals surface area contributed by atoms with Gasteiger partial charge >= 0.3 is 0 Å². The maximum absolute atomic E-state index is 13.0. The summed E-state index contributed by atoms with van der Waals surface area (Å²) in [6.45, 7) is 1.77. The molecule has 7 nitrogen and oxygen atoms in total. The van der Waals surface area contributed by atoms with Gasteiger partial charge in [-0.3, -0.25) is 4.79 Å². The van der Waals surface area contributed by atoms with Gasteiger partial charge in [-0.15, -0.1) is 5.10 Å². The van der Waals surface area contributed by atoms with E-state index >= 15 is 0 Å². The van der Waals surface area contributed by atoms with E-state index in [1.54, 1.807) is 36.9 Å². The van der Waals surface area contributed by atoms with Crippen LogP contribution in [0.3, 0.4) is 0 Å². The van der Waals surface area contributed by atoms with Crippen LogP contribution in [0.2, 0.25) is 5.02 Å². The number of carbonyl (C=O) groups is 1. The lowest BCUT2D eigenvalue weighted by Crippen LogP contribution is -2.15. The van der Waals surface area contributed by atoms with Crippen molar-refractivity contribution in [3.8, 4) is 11.4 Å². The number of hydrogen-bond donors (Lipinski definition) is 1. The molecule has 0 spiro atoms. The molecular formula is C23H17ClN4O3. The fraction of sp³-hybridized carbons (Fsp3) is 0.0870. The van der Waals surface area contributed by atoms with E-state index < -0.39 is 5.91 Å². The Bertz CT molecular complexity index is 1450. The SMILES string of the molecule is COc1cc2c(cc1NC(=O)c1nnn(-c3cccc(Cl)c3)c1C)oc1ccccc12. The molecule has 3 aromatic carbocycles. The molecule has 0 saturated heterocycles. The minimum atomic E-state index is -0.403. The van der Waals surface area contributed by atoms with Gasteiger partial charge in [0.05, 0.1) is 24.2 Å². The Morgan fingerprint density at radius 1 is 1.06 bits per heavy atom. The van der Waals surface area contributed by atoms with E-state index in [0.717, 1.165) is 22.0 Å². The summed E-state index contributed by atoms with van der Waals surface area (Å²) in [4.78, 5) is 13.0. The van der Waals surface area contributed by atoms with Crippen molar-refractivity contribution < 1.29 is 13.9 Å². The first kappa shape index (κ1) is 19.1. The van der Waals surface area contributed by atoms with E-state index in [0.29, 0.717) is 27.7 Å². The molecule has 2 heterocycles. The van der Waals surface area contributed by atoms with Crippen molar-refractivity contribution in [2.45, 2.75) is 6.92 Å². The van der Waals surface area contributed by atoms with Crippen LogP contribution in [0.25, 0.3) is 27.6 Å². The molecule has 0 aliphatic carbocycles. The maximum atomic E-state index is 13.0. The monoisotopic (exact) mass is 432 g/mol.